The summed E-state index contributed by atoms with van der Waals surface area (Å²) in [5.41, 5.74) is 1.88. The molecule has 1 amide bonds. The highest BCUT2D eigenvalue weighted by atomic mass is 32.1. The van der Waals surface area contributed by atoms with Crippen molar-refractivity contribution in [2.75, 3.05) is 13.7 Å². The topological polar surface area (TPSA) is 64.4 Å². The van der Waals surface area contributed by atoms with E-state index in [4.69, 9.17) is 4.74 Å². The minimum Gasteiger partial charge on any atom is -0.464 e. The number of imidazole rings is 1. The van der Waals surface area contributed by atoms with Crippen LogP contribution >= 0.6 is 11.3 Å². The van der Waals surface area contributed by atoms with E-state index in [1.54, 1.807) is 6.33 Å². The Labute approximate surface area is 125 Å². The number of amides is 1. The molecule has 1 fully saturated rings. The third-order valence-corrected chi connectivity index (χ3v) is 5.00. The van der Waals surface area contributed by atoms with Gasteiger partial charge in [-0.05, 0) is 24.3 Å². The maximum absolute atomic E-state index is 12.7. The van der Waals surface area contributed by atoms with Crippen LogP contribution in [0.25, 0.3) is 5.69 Å². The van der Waals surface area contributed by atoms with Crippen molar-refractivity contribution in [3.05, 3.63) is 34.0 Å². The molecule has 4 rings (SSSR count). The number of hydrogen-bond acceptors (Lipinski definition) is 5. The van der Waals surface area contributed by atoms with E-state index in [1.807, 2.05) is 20.9 Å². The van der Waals surface area contributed by atoms with Crippen LogP contribution in [-0.4, -0.2) is 40.0 Å². The number of nitrogens with zero attached hydrogens (tertiary/aromatic N) is 3. The van der Waals surface area contributed by atoms with Crippen molar-refractivity contribution < 1.29 is 14.3 Å². The van der Waals surface area contributed by atoms with Crippen LogP contribution in [0.3, 0.4) is 0 Å². The summed E-state index contributed by atoms with van der Waals surface area (Å²) in [7, 11) is 1.35. The first-order valence-electron chi connectivity index (χ1n) is 6.76. The van der Waals surface area contributed by atoms with Crippen LogP contribution in [0.4, 0.5) is 0 Å². The summed E-state index contributed by atoms with van der Waals surface area (Å²) in [5, 5.41) is 1.89. The molecule has 2 aliphatic rings. The number of aromatic nitrogens is 2. The number of thiophene rings is 1. The highest BCUT2D eigenvalue weighted by molar-refractivity contribution is 7.12. The molecule has 0 saturated carbocycles. The van der Waals surface area contributed by atoms with Gasteiger partial charge in [-0.3, -0.25) is 9.36 Å². The number of ether oxygens (including phenoxy) is 1. The van der Waals surface area contributed by atoms with Crippen molar-refractivity contribution in [1.29, 1.82) is 0 Å². The number of fused-ring (bicyclic) bond motifs is 5. The number of carbonyl (C=O) groups excluding carboxylic acids is 2. The quantitative estimate of drug-likeness (QED) is 0.756. The molecular formula is C14H13N3O3S. The van der Waals surface area contributed by atoms with Crippen LogP contribution in [0.2, 0.25) is 0 Å². The van der Waals surface area contributed by atoms with Gasteiger partial charge in [0, 0.05) is 6.54 Å². The highest BCUT2D eigenvalue weighted by Gasteiger charge is 2.40. The average Bonchev–Trinajstić information content (AvgIpc) is 3.20. The Hall–Kier alpha value is -2.15. The van der Waals surface area contributed by atoms with Gasteiger partial charge in [-0.1, -0.05) is 0 Å². The predicted octanol–water partition coefficient (Wildman–Crippen LogP) is 2.01. The van der Waals surface area contributed by atoms with E-state index in [-0.39, 0.29) is 11.9 Å². The maximum Gasteiger partial charge on any atom is 0.358 e. The molecule has 2 aliphatic heterocycles. The van der Waals surface area contributed by atoms with Gasteiger partial charge in [0.15, 0.2) is 5.69 Å². The number of methoxy groups -OCH3 is 1. The third-order valence-electron chi connectivity index (χ3n) is 4.11. The van der Waals surface area contributed by atoms with Crippen molar-refractivity contribution in [2.24, 2.45) is 0 Å². The second-order valence-corrected chi connectivity index (χ2v) is 6.05. The lowest BCUT2D eigenvalue weighted by Crippen LogP contribution is -2.29. The molecule has 0 spiro atoms. The van der Waals surface area contributed by atoms with E-state index < -0.39 is 5.97 Å². The summed E-state index contributed by atoms with van der Waals surface area (Å²) in [6.07, 6.45) is 3.39. The molecule has 1 saturated heterocycles. The van der Waals surface area contributed by atoms with Gasteiger partial charge >= 0.3 is 5.97 Å². The van der Waals surface area contributed by atoms with Gasteiger partial charge in [-0.25, -0.2) is 9.78 Å². The standard InChI is InChI=1S/C14H13N3O3S/c1-20-14(19)10-11-8-3-2-5-16(8)13(18)12-9(4-6-21-12)17(11)7-15-10/h4,6-8H,2-3,5H2,1H3/t8-/m0/s1. The van der Waals surface area contributed by atoms with Crippen LogP contribution in [0.15, 0.2) is 17.8 Å². The minimum atomic E-state index is -0.457. The largest absolute Gasteiger partial charge is 0.464 e. The molecule has 0 aliphatic carbocycles. The Bertz CT molecular complexity index is 748. The second kappa shape index (κ2) is 4.42. The molecule has 4 heterocycles. The Morgan fingerprint density at radius 3 is 3.19 bits per heavy atom. The first kappa shape index (κ1) is 12.6. The molecule has 0 unspecified atom stereocenters. The summed E-state index contributed by atoms with van der Waals surface area (Å²) in [5.74, 6) is -0.413. The highest BCUT2D eigenvalue weighted by Crippen LogP contribution is 2.41. The number of esters is 1. The molecule has 1 atom stereocenters. The number of carbonyl (C=O) groups is 2. The van der Waals surface area contributed by atoms with Crippen molar-refractivity contribution in [3.8, 4) is 5.69 Å². The fourth-order valence-corrected chi connectivity index (χ4v) is 4.04. The zero-order chi connectivity index (χ0) is 14.6. The van der Waals surface area contributed by atoms with Crippen LogP contribution in [-0.2, 0) is 4.74 Å². The Morgan fingerprint density at radius 2 is 2.38 bits per heavy atom. The van der Waals surface area contributed by atoms with E-state index in [0.29, 0.717) is 17.1 Å². The summed E-state index contributed by atoms with van der Waals surface area (Å²) in [4.78, 5) is 31.4. The minimum absolute atomic E-state index is 0.0435. The molecule has 6 nitrogen and oxygen atoms in total. The lowest BCUT2D eigenvalue weighted by molar-refractivity contribution is 0.0586. The Balaban J connectivity index is 2.00. The van der Waals surface area contributed by atoms with Crippen LogP contribution in [0, 0.1) is 0 Å². The molecule has 0 N–H and O–H groups in total. The van der Waals surface area contributed by atoms with Gasteiger partial charge < -0.3 is 9.64 Å². The Kier molecular flexibility index (Phi) is 2.65. The smallest absolute Gasteiger partial charge is 0.358 e. The zero-order valence-corrected chi connectivity index (χ0v) is 12.2. The van der Waals surface area contributed by atoms with Crippen LogP contribution < -0.4 is 0 Å². The van der Waals surface area contributed by atoms with Gasteiger partial charge in [0.1, 0.15) is 11.2 Å². The lowest BCUT2D eigenvalue weighted by atomic mass is 10.1. The van der Waals surface area contributed by atoms with E-state index in [9.17, 15) is 9.59 Å². The first-order valence-corrected chi connectivity index (χ1v) is 7.64. The number of rotatable bonds is 1. The van der Waals surface area contributed by atoms with E-state index in [1.165, 1.54) is 18.4 Å². The zero-order valence-electron chi connectivity index (χ0n) is 11.4. The molecule has 2 aromatic rings. The van der Waals surface area contributed by atoms with Crippen LogP contribution in [0.1, 0.15) is 44.7 Å². The third kappa shape index (κ3) is 1.61. The fourth-order valence-electron chi connectivity index (χ4n) is 3.20. The SMILES string of the molecule is COC(=O)c1ncn2c1[C@@H]1CCCN1C(=O)c1sccc1-2. The van der Waals surface area contributed by atoms with Gasteiger partial charge in [-0.2, -0.15) is 0 Å². The van der Waals surface area contributed by atoms with Crippen LogP contribution in [0.5, 0.6) is 0 Å². The molecule has 108 valence electrons. The fraction of sp³-hybridized carbons (Fsp3) is 0.357. The average molecular weight is 303 g/mol. The van der Waals surface area contributed by atoms with Crippen molar-refractivity contribution in [3.63, 3.8) is 0 Å². The summed E-state index contributed by atoms with van der Waals surface area (Å²) >= 11 is 1.43. The van der Waals surface area contributed by atoms with E-state index in [2.05, 4.69) is 4.98 Å². The van der Waals surface area contributed by atoms with E-state index in [0.717, 1.165) is 24.2 Å². The summed E-state index contributed by atoms with van der Waals surface area (Å²) in [6, 6.07) is 1.79. The van der Waals surface area contributed by atoms with Crippen molar-refractivity contribution >= 4 is 23.2 Å². The van der Waals surface area contributed by atoms with Gasteiger partial charge in [-0.15, -0.1) is 11.3 Å². The molecule has 0 bridgehead atoms. The van der Waals surface area contributed by atoms with Gasteiger partial charge in [0.05, 0.1) is 24.5 Å². The molecule has 0 aromatic carbocycles. The lowest BCUT2D eigenvalue weighted by Gasteiger charge is -2.22. The second-order valence-electron chi connectivity index (χ2n) is 5.13. The van der Waals surface area contributed by atoms with Gasteiger partial charge in [0.25, 0.3) is 5.91 Å². The molecular weight excluding hydrogens is 290 g/mol. The molecule has 21 heavy (non-hydrogen) atoms. The van der Waals surface area contributed by atoms with Gasteiger partial charge in [0.2, 0.25) is 0 Å². The van der Waals surface area contributed by atoms with E-state index >= 15 is 0 Å². The maximum atomic E-state index is 12.7. The van der Waals surface area contributed by atoms with Crippen molar-refractivity contribution in [2.45, 2.75) is 18.9 Å². The predicted molar refractivity (Wildman–Crippen MR) is 75.8 cm³/mol. The first-order chi connectivity index (χ1) is 10.2. The van der Waals surface area contributed by atoms with Crippen molar-refractivity contribution in [1.82, 2.24) is 14.5 Å². The number of hydrogen-bond donors (Lipinski definition) is 0. The molecule has 2 aromatic heterocycles. The Morgan fingerprint density at radius 1 is 1.52 bits per heavy atom. The summed E-state index contributed by atoms with van der Waals surface area (Å²) < 4.78 is 6.70. The molecule has 7 heteroatoms. The summed E-state index contributed by atoms with van der Waals surface area (Å²) in [6.45, 7) is 0.715. The monoisotopic (exact) mass is 303 g/mol. The molecule has 0 radical (unpaired) electrons. The normalized spacial score (nSPS) is 19.8.